The molecule has 1 saturated heterocycles. The predicted molar refractivity (Wildman–Crippen MR) is 122 cm³/mol. The van der Waals surface area contributed by atoms with Gasteiger partial charge in [-0.25, -0.2) is 9.80 Å². The predicted octanol–water partition coefficient (Wildman–Crippen LogP) is 3.88. The molecule has 0 radical (unpaired) electrons. The smallest absolute Gasteiger partial charge is 0.325 e. The lowest BCUT2D eigenvalue weighted by Crippen LogP contribution is -2.45. The van der Waals surface area contributed by atoms with Gasteiger partial charge in [0.15, 0.2) is 0 Å². The highest BCUT2D eigenvalue weighted by Gasteiger charge is 2.52. The van der Waals surface area contributed by atoms with Crippen molar-refractivity contribution in [3.05, 3.63) is 82.4 Å². The number of hydrazone groups is 1. The van der Waals surface area contributed by atoms with Crippen LogP contribution in [0.2, 0.25) is 0 Å². The molecule has 1 fully saturated rings. The van der Waals surface area contributed by atoms with Crippen molar-refractivity contribution in [2.45, 2.75) is 31.3 Å². The van der Waals surface area contributed by atoms with Crippen molar-refractivity contribution in [3.63, 3.8) is 0 Å². The zero-order chi connectivity index (χ0) is 23.0. The van der Waals surface area contributed by atoms with E-state index in [0.29, 0.717) is 29.9 Å². The fraction of sp³-hybridized carbons (Fsp3) is 0.250. The molecule has 2 atom stereocenters. The van der Waals surface area contributed by atoms with Crippen molar-refractivity contribution in [1.29, 1.82) is 0 Å². The lowest BCUT2D eigenvalue weighted by molar-refractivity contribution is -0.140. The molecular weight excluding hydrogens is 440 g/mol. The van der Waals surface area contributed by atoms with Crippen molar-refractivity contribution in [1.82, 2.24) is 15.2 Å². The van der Waals surface area contributed by atoms with E-state index < -0.39 is 29.9 Å². The van der Waals surface area contributed by atoms with Crippen LogP contribution < -0.4 is 5.32 Å². The highest BCUT2D eigenvalue weighted by molar-refractivity contribution is 7.10. The van der Waals surface area contributed by atoms with Gasteiger partial charge in [-0.05, 0) is 35.6 Å². The highest BCUT2D eigenvalue weighted by Crippen LogP contribution is 2.36. The Bertz CT molecular complexity index is 1210. The average Bonchev–Trinajstić information content (AvgIpc) is 3.63. The maximum absolute atomic E-state index is 13.4. The molecule has 2 aromatic heterocycles. The Balaban J connectivity index is 1.42. The zero-order valence-corrected chi connectivity index (χ0v) is 18.7. The maximum Gasteiger partial charge on any atom is 0.325 e. The van der Waals surface area contributed by atoms with Crippen LogP contribution in [0.1, 0.15) is 42.0 Å². The Kier molecular flexibility index (Phi) is 5.33. The Morgan fingerprint density at radius 2 is 2.00 bits per heavy atom. The van der Waals surface area contributed by atoms with E-state index in [9.17, 15) is 14.4 Å². The highest BCUT2D eigenvalue weighted by atomic mass is 32.1. The molecule has 168 valence electrons. The molecule has 33 heavy (non-hydrogen) atoms. The lowest BCUT2D eigenvalue weighted by atomic mass is 9.87. The fourth-order valence-corrected chi connectivity index (χ4v) is 5.19. The van der Waals surface area contributed by atoms with Crippen molar-refractivity contribution >= 4 is 34.9 Å². The average molecular weight is 463 g/mol. The monoisotopic (exact) mass is 462 g/mol. The van der Waals surface area contributed by atoms with Crippen LogP contribution >= 0.6 is 11.3 Å². The van der Waals surface area contributed by atoms with E-state index in [1.54, 1.807) is 30.5 Å². The number of hydrogen-bond acceptors (Lipinski definition) is 6. The normalized spacial score (nSPS) is 22.6. The number of nitrogens with one attached hydrogen (secondary N) is 1. The van der Waals surface area contributed by atoms with Gasteiger partial charge in [0.05, 0.1) is 12.3 Å². The van der Waals surface area contributed by atoms with Gasteiger partial charge in [-0.2, -0.15) is 5.10 Å². The van der Waals surface area contributed by atoms with E-state index >= 15 is 0 Å². The summed E-state index contributed by atoms with van der Waals surface area (Å²) in [7, 11) is 0. The minimum Gasteiger partial charge on any atom is -0.463 e. The van der Waals surface area contributed by atoms with Crippen LogP contribution in [0.25, 0.3) is 0 Å². The summed E-state index contributed by atoms with van der Waals surface area (Å²) >= 11 is 1.53. The summed E-state index contributed by atoms with van der Waals surface area (Å²) in [5.41, 5.74) is 0.159. The van der Waals surface area contributed by atoms with Crippen LogP contribution in [-0.4, -0.2) is 40.0 Å². The molecule has 0 aliphatic carbocycles. The van der Waals surface area contributed by atoms with E-state index in [4.69, 9.17) is 4.42 Å². The Morgan fingerprint density at radius 1 is 1.18 bits per heavy atom. The van der Waals surface area contributed by atoms with Gasteiger partial charge in [-0.3, -0.25) is 14.5 Å². The second-order valence-electron chi connectivity index (χ2n) is 7.94. The molecule has 0 saturated carbocycles. The summed E-state index contributed by atoms with van der Waals surface area (Å²) < 4.78 is 5.48. The number of furan rings is 1. The van der Waals surface area contributed by atoms with Gasteiger partial charge in [-0.1, -0.05) is 43.3 Å². The van der Waals surface area contributed by atoms with Gasteiger partial charge < -0.3 is 9.73 Å². The SMILES string of the molecule is CC[C@@]1(c2ccccc2)NC(=O)N(CC(=O)N2N=C(c3ccco3)C[C@H]2c2cccs2)C1=O. The second-order valence-corrected chi connectivity index (χ2v) is 8.92. The van der Waals surface area contributed by atoms with Crippen LogP contribution in [0.15, 0.2) is 75.8 Å². The molecule has 2 aliphatic heterocycles. The molecule has 3 aromatic rings. The minimum absolute atomic E-state index is 0.316. The molecule has 0 unspecified atom stereocenters. The van der Waals surface area contributed by atoms with Gasteiger partial charge in [0, 0.05) is 11.3 Å². The summed E-state index contributed by atoms with van der Waals surface area (Å²) in [4.78, 5) is 41.6. The van der Waals surface area contributed by atoms with Crippen LogP contribution in [0.4, 0.5) is 4.79 Å². The first kappa shape index (κ1) is 21.1. The topological polar surface area (TPSA) is 95.2 Å². The number of carbonyl (C=O) groups is 3. The third-order valence-electron chi connectivity index (χ3n) is 6.11. The molecule has 4 amide bonds. The number of amides is 4. The van der Waals surface area contributed by atoms with Crippen LogP contribution in [-0.2, 0) is 15.1 Å². The number of imide groups is 1. The van der Waals surface area contributed by atoms with Gasteiger partial charge in [0.2, 0.25) is 0 Å². The van der Waals surface area contributed by atoms with Crippen molar-refractivity contribution in [3.8, 4) is 0 Å². The largest absolute Gasteiger partial charge is 0.463 e. The molecule has 2 aliphatic rings. The number of urea groups is 1. The Labute approximate surface area is 194 Å². The van der Waals surface area contributed by atoms with Crippen molar-refractivity contribution < 1.29 is 18.8 Å². The molecule has 5 rings (SSSR count). The maximum atomic E-state index is 13.4. The third-order valence-corrected chi connectivity index (χ3v) is 7.08. The van der Waals surface area contributed by atoms with Gasteiger partial charge >= 0.3 is 6.03 Å². The van der Waals surface area contributed by atoms with Gasteiger partial charge in [-0.15, -0.1) is 11.3 Å². The third kappa shape index (κ3) is 3.54. The molecule has 0 spiro atoms. The van der Waals surface area contributed by atoms with Gasteiger partial charge in [0.1, 0.15) is 23.6 Å². The van der Waals surface area contributed by atoms with E-state index in [1.807, 2.05) is 42.6 Å². The summed E-state index contributed by atoms with van der Waals surface area (Å²) in [6.07, 6.45) is 2.42. The fourth-order valence-electron chi connectivity index (χ4n) is 4.37. The number of hydrogen-bond donors (Lipinski definition) is 1. The van der Waals surface area contributed by atoms with E-state index in [0.717, 1.165) is 9.78 Å². The number of rotatable bonds is 6. The van der Waals surface area contributed by atoms with E-state index in [1.165, 1.54) is 16.3 Å². The standard InChI is InChI=1S/C24H22N4O4S/c1-2-24(16-8-4-3-5-9-16)22(30)27(23(31)25-24)15-21(29)28-18(20-11-7-13-33-20)14-17(26-28)19-10-6-12-32-19/h3-13,18H,2,14-15H2,1H3,(H,25,31)/t18-,24-/m0/s1. The number of carbonyl (C=O) groups excluding carboxylic acids is 3. The lowest BCUT2D eigenvalue weighted by Gasteiger charge is -2.26. The first-order valence-electron chi connectivity index (χ1n) is 10.7. The molecule has 8 nitrogen and oxygen atoms in total. The first-order chi connectivity index (χ1) is 16.0. The summed E-state index contributed by atoms with van der Waals surface area (Å²) in [6, 6.07) is 15.6. The van der Waals surface area contributed by atoms with Crippen molar-refractivity contribution in [2.24, 2.45) is 5.10 Å². The number of benzene rings is 1. The Morgan fingerprint density at radius 3 is 2.67 bits per heavy atom. The molecule has 0 bridgehead atoms. The van der Waals surface area contributed by atoms with E-state index in [-0.39, 0.29) is 6.04 Å². The van der Waals surface area contributed by atoms with Crippen LogP contribution in [0.3, 0.4) is 0 Å². The quantitative estimate of drug-likeness (QED) is 0.563. The van der Waals surface area contributed by atoms with Crippen LogP contribution in [0, 0.1) is 0 Å². The first-order valence-corrected chi connectivity index (χ1v) is 11.6. The number of thiophene rings is 1. The zero-order valence-electron chi connectivity index (χ0n) is 17.9. The summed E-state index contributed by atoms with van der Waals surface area (Å²) in [6.45, 7) is 1.44. The molecule has 9 heteroatoms. The summed E-state index contributed by atoms with van der Waals surface area (Å²) in [5, 5.41) is 10.6. The molecular formula is C24H22N4O4S. The summed E-state index contributed by atoms with van der Waals surface area (Å²) in [5.74, 6) is -0.272. The minimum atomic E-state index is -1.18. The molecule has 1 N–H and O–H groups in total. The van der Waals surface area contributed by atoms with Crippen LogP contribution in [0.5, 0.6) is 0 Å². The Hall–Kier alpha value is -3.72. The van der Waals surface area contributed by atoms with E-state index in [2.05, 4.69) is 10.4 Å². The van der Waals surface area contributed by atoms with Crippen molar-refractivity contribution in [2.75, 3.05) is 6.54 Å². The molecule has 1 aromatic carbocycles. The number of nitrogens with zero attached hydrogens (tertiary/aromatic N) is 3. The second kappa shape index (κ2) is 8.32. The van der Waals surface area contributed by atoms with Gasteiger partial charge in [0.25, 0.3) is 11.8 Å². The molecule has 4 heterocycles.